The average molecular weight is 336 g/mol. The van der Waals surface area contributed by atoms with Crippen molar-refractivity contribution in [3.63, 3.8) is 0 Å². The maximum atomic E-state index is 12.1. The Morgan fingerprint density at radius 2 is 2.16 bits per heavy atom. The SMILES string of the molecule is CN(CCc1noc(-c2cc3ccccc3[nH]2)n1)C(=O)c1ccoc1. The van der Waals surface area contributed by atoms with Crippen molar-refractivity contribution in [3.05, 3.63) is 60.3 Å². The van der Waals surface area contributed by atoms with Gasteiger partial charge in [-0.3, -0.25) is 4.79 Å². The Kier molecular flexibility index (Phi) is 3.81. The van der Waals surface area contributed by atoms with Gasteiger partial charge in [-0.05, 0) is 18.2 Å². The highest BCUT2D eigenvalue weighted by Gasteiger charge is 2.15. The lowest BCUT2D eigenvalue weighted by Gasteiger charge is -2.14. The molecular formula is C18H16N4O3. The predicted molar refractivity (Wildman–Crippen MR) is 91.0 cm³/mol. The number of likely N-dealkylation sites (N-methyl/N-ethyl adjacent to an activating group) is 1. The molecule has 4 aromatic rings. The van der Waals surface area contributed by atoms with Crippen LogP contribution in [0.1, 0.15) is 16.2 Å². The number of carbonyl (C=O) groups is 1. The smallest absolute Gasteiger partial charge is 0.274 e. The molecule has 25 heavy (non-hydrogen) atoms. The van der Waals surface area contributed by atoms with Gasteiger partial charge in [0.05, 0.1) is 11.8 Å². The highest BCUT2D eigenvalue weighted by molar-refractivity contribution is 5.93. The first-order valence-electron chi connectivity index (χ1n) is 7.89. The summed E-state index contributed by atoms with van der Waals surface area (Å²) in [6.45, 7) is 0.482. The summed E-state index contributed by atoms with van der Waals surface area (Å²) in [5.74, 6) is 0.892. The molecular weight excluding hydrogens is 320 g/mol. The molecule has 0 spiro atoms. The molecule has 3 heterocycles. The molecule has 4 rings (SSSR count). The van der Waals surface area contributed by atoms with Gasteiger partial charge in [0.15, 0.2) is 5.82 Å². The summed E-state index contributed by atoms with van der Waals surface area (Å²) in [4.78, 5) is 21.4. The number of hydrogen-bond donors (Lipinski definition) is 1. The Labute approximate surface area is 143 Å². The molecule has 0 aliphatic carbocycles. The Hall–Kier alpha value is -3.35. The van der Waals surface area contributed by atoms with Crippen LogP contribution in [0.25, 0.3) is 22.5 Å². The summed E-state index contributed by atoms with van der Waals surface area (Å²) < 4.78 is 10.3. The fourth-order valence-corrected chi connectivity index (χ4v) is 2.63. The van der Waals surface area contributed by atoms with Gasteiger partial charge in [0.25, 0.3) is 11.8 Å². The number of fused-ring (bicyclic) bond motifs is 1. The molecule has 0 fully saturated rings. The number of furan rings is 1. The zero-order valence-corrected chi connectivity index (χ0v) is 13.6. The van der Waals surface area contributed by atoms with Crippen molar-refractivity contribution >= 4 is 16.8 Å². The third-order valence-corrected chi connectivity index (χ3v) is 4.01. The number of carbonyl (C=O) groups excluding carboxylic acids is 1. The lowest BCUT2D eigenvalue weighted by atomic mass is 10.2. The van der Waals surface area contributed by atoms with Crippen LogP contribution in [0.2, 0.25) is 0 Å². The molecule has 0 saturated carbocycles. The van der Waals surface area contributed by atoms with E-state index in [0.29, 0.717) is 30.2 Å². The normalized spacial score (nSPS) is 11.1. The van der Waals surface area contributed by atoms with Gasteiger partial charge >= 0.3 is 0 Å². The lowest BCUT2D eigenvalue weighted by molar-refractivity contribution is 0.0795. The predicted octanol–water partition coefficient (Wildman–Crippen LogP) is 3.13. The molecule has 7 heteroatoms. The van der Waals surface area contributed by atoms with Crippen molar-refractivity contribution in [2.24, 2.45) is 0 Å². The van der Waals surface area contributed by atoms with Crippen LogP contribution in [0.3, 0.4) is 0 Å². The number of aromatic amines is 1. The summed E-state index contributed by atoms with van der Waals surface area (Å²) in [6, 6.07) is 11.6. The highest BCUT2D eigenvalue weighted by Crippen LogP contribution is 2.22. The molecule has 0 aliphatic rings. The molecule has 1 amide bonds. The first-order valence-corrected chi connectivity index (χ1v) is 7.89. The summed E-state index contributed by atoms with van der Waals surface area (Å²) in [7, 11) is 1.73. The van der Waals surface area contributed by atoms with E-state index in [9.17, 15) is 4.79 Å². The molecule has 0 radical (unpaired) electrons. The van der Waals surface area contributed by atoms with Gasteiger partial charge in [-0.2, -0.15) is 4.98 Å². The third-order valence-electron chi connectivity index (χ3n) is 4.01. The zero-order chi connectivity index (χ0) is 17.2. The molecule has 0 saturated heterocycles. The van der Waals surface area contributed by atoms with E-state index in [2.05, 4.69) is 15.1 Å². The van der Waals surface area contributed by atoms with E-state index in [1.54, 1.807) is 18.0 Å². The van der Waals surface area contributed by atoms with Gasteiger partial charge in [-0.15, -0.1) is 0 Å². The second-order valence-corrected chi connectivity index (χ2v) is 5.77. The fourth-order valence-electron chi connectivity index (χ4n) is 2.63. The van der Waals surface area contributed by atoms with Crippen LogP contribution >= 0.6 is 0 Å². The number of aromatic nitrogens is 3. The van der Waals surface area contributed by atoms with Crippen LogP contribution in [0.15, 0.2) is 57.9 Å². The van der Waals surface area contributed by atoms with Gasteiger partial charge in [0.1, 0.15) is 12.0 Å². The Bertz CT molecular complexity index is 967. The quantitative estimate of drug-likeness (QED) is 0.605. The van der Waals surface area contributed by atoms with E-state index in [-0.39, 0.29) is 5.91 Å². The Morgan fingerprint density at radius 1 is 1.28 bits per heavy atom. The van der Waals surface area contributed by atoms with E-state index in [1.807, 2.05) is 30.3 Å². The van der Waals surface area contributed by atoms with Crippen molar-refractivity contribution in [1.82, 2.24) is 20.0 Å². The number of nitrogens with one attached hydrogen (secondary N) is 1. The van der Waals surface area contributed by atoms with E-state index < -0.39 is 0 Å². The summed E-state index contributed by atoms with van der Waals surface area (Å²) in [5, 5.41) is 5.08. The summed E-state index contributed by atoms with van der Waals surface area (Å²) in [6.07, 6.45) is 3.41. The van der Waals surface area contributed by atoms with Gasteiger partial charge in [-0.25, -0.2) is 0 Å². The molecule has 0 unspecified atom stereocenters. The Balaban J connectivity index is 1.43. The van der Waals surface area contributed by atoms with Crippen LogP contribution in [-0.2, 0) is 6.42 Å². The molecule has 3 aromatic heterocycles. The van der Waals surface area contributed by atoms with Crippen molar-refractivity contribution in [3.8, 4) is 11.6 Å². The van der Waals surface area contributed by atoms with Gasteiger partial charge in [0.2, 0.25) is 0 Å². The van der Waals surface area contributed by atoms with E-state index in [1.165, 1.54) is 12.5 Å². The summed E-state index contributed by atoms with van der Waals surface area (Å²) in [5.41, 5.74) is 2.32. The monoisotopic (exact) mass is 336 g/mol. The molecule has 0 atom stereocenters. The Morgan fingerprint density at radius 3 is 2.96 bits per heavy atom. The third kappa shape index (κ3) is 3.03. The van der Waals surface area contributed by atoms with Crippen LogP contribution in [0.5, 0.6) is 0 Å². The van der Waals surface area contributed by atoms with Crippen molar-refractivity contribution < 1.29 is 13.7 Å². The first-order chi connectivity index (χ1) is 12.2. The topological polar surface area (TPSA) is 88.2 Å². The second-order valence-electron chi connectivity index (χ2n) is 5.77. The van der Waals surface area contributed by atoms with Crippen LogP contribution in [0, 0.1) is 0 Å². The number of H-pyrrole nitrogens is 1. The maximum Gasteiger partial charge on any atom is 0.274 e. The first kappa shape index (κ1) is 15.2. The number of nitrogens with zero attached hydrogens (tertiary/aromatic N) is 3. The van der Waals surface area contributed by atoms with E-state index in [0.717, 1.165) is 16.6 Å². The molecule has 1 N–H and O–H groups in total. The second kappa shape index (κ2) is 6.27. The average Bonchev–Trinajstić information content (AvgIpc) is 3.38. The standard InChI is InChI=1S/C18H16N4O3/c1-22(18(23)13-7-9-24-11-13)8-6-16-20-17(25-21-16)15-10-12-4-2-3-5-14(12)19-15/h2-5,7,9-11,19H,6,8H2,1H3. The van der Waals surface area contributed by atoms with E-state index in [4.69, 9.17) is 8.94 Å². The number of hydrogen-bond acceptors (Lipinski definition) is 5. The number of benzene rings is 1. The summed E-state index contributed by atoms with van der Waals surface area (Å²) >= 11 is 0. The molecule has 1 aromatic carbocycles. The molecule has 126 valence electrons. The minimum absolute atomic E-state index is 0.104. The van der Waals surface area contributed by atoms with Gasteiger partial charge in [0, 0.05) is 30.9 Å². The van der Waals surface area contributed by atoms with Gasteiger partial charge < -0.3 is 18.8 Å². The van der Waals surface area contributed by atoms with Crippen molar-refractivity contribution in [1.29, 1.82) is 0 Å². The minimum atomic E-state index is -0.104. The van der Waals surface area contributed by atoms with Gasteiger partial charge in [-0.1, -0.05) is 23.4 Å². The highest BCUT2D eigenvalue weighted by atomic mass is 16.5. The van der Waals surface area contributed by atoms with E-state index >= 15 is 0 Å². The van der Waals surface area contributed by atoms with Crippen molar-refractivity contribution in [2.45, 2.75) is 6.42 Å². The number of para-hydroxylation sites is 1. The zero-order valence-electron chi connectivity index (χ0n) is 13.6. The number of rotatable bonds is 5. The molecule has 0 aliphatic heterocycles. The largest absolute Gasteiger partial charge is 0.472 e. The number of amides is 1. The van der Waals surface area contributed by atoms with Crippen molar-refractivity contribution in [2.75, 3.05) is 13.6 Å². The molecule has 7 nitrogen and oxygen atoms in total. The minimum Gasteiger partial charge on any atom is -0.472 e. The fraction of sp³-hybridized carbons (Fsp3) is 0.167. The maximum absolute atomic E-state index is 12.1. The van der Waals surface area contributed by atoms with Crippen LogP contribution in [0.4, 0.5) is 0 Å². The molecule has 0 bridgehead atoms. The van der Waals surface area contributed by atoms with Crippen LogP contribution < -0.4 is 0 Å². The lowest BCUT2D eigenvalue weighted by Crippen LogP contribution is -2.28. The van der Waals surface area contributed by atoms with Crippen LogP contribution in [-0.4, -0.2) is 39.5 Å².